The number of hydrogen-bond acceptors (Lipinski definition) is 7. The molecule has 236 valence electrons. The molecule has 46 heavy (non-hydrogen) atoms. The Hall–Kier alpha value is -4.77. The number of hydrogen-bond donors (Lipinski definition) is 1. The molecule has 1 saturated heterocycles. The van der Waals surface area contributed by atoms with Crippen molar-refractivity contribution in [2.24, 2.45) is 0 Å². The quantitative estimate of drug-likeness (QED) is 0.259. The van der Waals surface area contributed by atoms with E-state index in [-0.39, 0.29) is 34.0 Å². The average molecular weight is 641 g/mol. The first kappa shape index (κ1) is 29.9. The van der Waals surface area contributed by atoms with Crippen molar-refractivity contribution >= 4 is 50.8 Å². The Labute approximate surface area is 270 Å². The highest BCUT2D eigenvalue weighted by Gasteiger charge is 2.39. The molecule has 1 N–H and O–H groups in total. The third-order valence-electron chi connectivity index (χ3n) is 9.28. The summed E-state index contributed by atoms with van der Waals surface area (Å²) in [6.07, 6.45) is 4.67. The molecule has 5 aromatic rings. The number of aryl methyl sites for hydroxylation is 2. The van der Waals surface area contributed by atoms with Gasteiger partial charge in [-0.2, -0.15) is 10.1 Å². The monoisotopic (exact) mass is 640 g/mol. The number of pyridine rings is 1. The molecular weight excluding hydrogens is 607 g/mol. The van der Waals surface area contributed by atoms with Crippen LogP contribution < -0.4 is 15.5 Å². The van der Waals surface area contributed by atoms with Crippen LogP contribution in [0, 0.1) is 19.7 Å². The first-order chi connectivity index (χ1) is 22.0. The lowest BCUT2D eigenvalue weighted by Gasteiger charge is -2.41. The minimum atomic E-state index is -0.633. The summed E-state index contributed by atoms with van der Waals surface area (Å²) < 4.78 is 19.2. The van der Waals surface area contributed by atoms with Crippen LogP contribution in [0.3, 0.4) is 0 Å². The third-order valence-corrected chi connectivity index (χ3v) is 9.65. The average Bonchev–Trinajstić information content (AvgIpc) is 3.46. The van der Waals surface area contributed by atoms with Crippen molar-refractivity contribution < 1.29 is 9.18 Å². The van der Waals surface area contributed by atoms with Gasteiger partial charge in [-0.05, 0) is 49.1 Å². The highest BCUT2D eigenvalue weighted by molar-refractivity contribution is 6.39. The van der Waals surface area contributed by atoms with Gasteiger partial charge in [0, 0.05) is 55.9 Å². The fourth-order valence-corrected chi connectivity index (χ4v) is 7.56. The summed E-state index contributed by atoms with van der Waals surface area (Å²) in [5, 5.41) is 8.57. The summed E-state index contributed by atoms with van der Waals surface area (Å²) in [6, 6.07) is 5.37. The Morgan fingerprint density at radius 1 is 1.13 bits per heavy atom. The van der Waals surface area contributed by atoms with Crippen LogP contribution in [-0.2, 0) is 4.79 Å². The van der Waals surface area contributed by atoms with Crippen molar-refractivity contribution in [1.82, 2.24) is 29.6 Å². The number of benzene rings is 2. The molecule has 10 nitrogen and oxygen atoms in total. The van der Waals surface area contributed by atoms with Crippen molar-refractivity contribution in [1.29, 1.82) is 0 Å². The third kappa shape index (κ3) is 4.32. The lowest BCUT2D eigenvalue weighted by molar-refractivity contribution is -0.126. The number of likely N-dealkylation sites (N-methyl/N-ethyl adjacent to an activating group) is 1. The molecule has 1 fully saturated rings. The van der Waals surface area contributed by atoms with Crippen molar-refractivity contribution in [3.05, 3.63) is 81.4 Å². The predicted octanol–water partition coefficient (Wildman–Crippen LogP) is 5.51. The second kappa shape index (κ2) is 10.9. The van der Waals surface area contributed by atoms with E-state index < -0.39 is 11.5 Å². The maximum absolute atomic E-state index is 17.8. The van der Waals surface area contributed by atoms with E-state index in [2.05, 4.69) is 26.7 Å². The van der Waals surface area contributed by atoms with E-state index in [1.807, 2.05) is 62.7 Å². The van der Waals surface area contributed by atoms with Crippen molar-refractivity contribution in [3.63, 3.8) is 0 Å². The van der Waals surface area contributed by atoms with Gasteiger partial charge in [0.15, 0.2) is 5.82 Å². The fraction of sp³-hybridized carbons (Fsp3) is 0.324. The van der Waals surface area contributed by atoms with Gasteiger partial charge in [-0.1, -0.05) is 38.1 Å². The summed E-state index contributed by atoms with van der Waals surface area (Å²) in [6.45, 7) is 13.1. The number of fused-ring (bicyclic) bond motifs is 3. The number of amides is 1. The Balaban J connectivity index is 1.65. The number of halogens is 2. The number of nitrogens with one attached hydrogen (secondary N) is 1. The molecule has 1 unspecified atom stereocenters. The van der Waals surface area contributed by atoms with Gasteiger partial charge in [-0.15, -0.1) is 0 Å². The van der Waals surface area contributed by atoms with E-state index in [9.17, 15) is 9.59 Å². The van der Waals surface area contributed by atoms with Gasteiger partial charge in [-0.3, -0.25) is 19.4 Å². The van der Waals surface area contributed by atoms with Crippen LogP contribution in [0.2, 0.25) is 5.02 Å². The van der Waals surface area contributed by atoms with E-state index in [4.69, 9.17) is 11.6 Å². The second-order valence-corrected chi connectivity index (χ2v) is 12.8. The fourth-order valence-electron chi connectivity index (χ4n) is 7.14. The van der Waals surface area contributed by atoms with Gasteiger partial charge in [0.05, 0.1) is 45.2 Å². The van der Waals surface area contributed by atoms with Gasteiger partial charge in [0.1, 0.15) is 11.3 Å². The number of anilines is 2. The summed E-state index contributed by atoms with van der Waals surface area (Å²) in [4.78, 5) is 42.1. The van der Waals surface area contributed by atoms with Crippen molar-refractivity contribution in [2.45, 2.75) is 39.7 Å². The molecule has 0 aliphatic carbocycles. The summed E-state index contributed by atoms with van der Waals surface area (Å²) in [5.74, 6) is -0.511. The van der Waals surface area contributed by atoms with E-state index >= 15 is 4.39 Å². The van der Waals surface area contributed by atoms with E-state index in [1.165, 1.54) is 10.6 Å². The highest BCUT2D eigenvalue weighted by atomic mass is 35.5. The standard InChI is InChI=1S/C34H34ClFN8O2/c1-7-23(45)42-12-13-43-20(16-42)15-41(6)31-26-32(28(36)25(27(31)35)24-18(4)8-9-22-21(24)14-38-40-22)44(34(46)39-33(26)43)30-19(5)10-11-37-29(30)17(2)3/h7-11,14,17,20H,1,12-13,15-16H2,2-6H3,(H,38,40). The number of H-pyrrole nitrogens is 1. The molecule has 0 bridgehead atoms. The zero-order valence-corrected chi connectivity index (χ0v) is 27.1. The Bertz CT molecular complexity index is 2160. The van der Waals surface area contributed by atoms with Crippen LogP contribution in [0.5, 0.6) is 0 Å². The van der Waals surface area contributed by atoms with Gasteiger partial charge in [0.2, 0.25) is 5.91 Å². The molecule has 3 aromatic heterocycles. The first-order valence-corrected chi connectivity index (χ1v) is 15.7. The maximum Gasteiger partial charge on any atom is 0.354 e. The first-order valence-electron chi connectivity index (χ1n) is 15.3. The van der Waals surface area contributed by atoms with E-state index in [1.54, 1.807) is 17.3 Å². The molecule has 2 aromatic carbocycles. The van der Waals surface area contributed by atoms with Crippen LogP contribution in [0.15, 0.2) is 48.0 Å². The molecule has 1 amide bonds. The van der Waals surface area contributed by atoms with Gasteiger partial charge in [0.25, 0.3) is 0 Å². The zero-order valence-electron chi connectivity index (χ0n) is 26.4. The predicted molar refractivity (Wildman–Crippen MR) is 180 cm³/mol. The van der Waals surface area contributed by atoms with Gasteiger partial charge >= 0.3 is 5.69 Å². The molecule has 2 aliphatic heterocycles. The van der Waals surface area contributed by atoms with Crippen molar-refractivity contribution in [3.8, 4) is 16.8 Å². The van der Waals surface area contributed by atoms with Crippen molar-refractivity contribution in [2.75, 3.05) is 43.0 Å². The largest absolute Gasteiger partial charge is 0.371 e. The lowest BCUT2D eigenvalue weighted by atomic mass is 9.94. The Kier molecular flexibility index (Phi) is 7.11. The number of piperazine rings is 1. The van der Waals surface area contributed by atoms with Crippen LogP contribution >= 0.6 is 11.6 Å². The normalized spacial score (nSPS) is 16.3. The minimum absolute atomic E-state index is 0.0639. The van der Waals surface area contributed by atoms with Crippen LogP contribution in [0.25, 0.3) is 38.6 Å². The second-order valence-electron chi connectivity index (χ2n) is 12.4. The smallest absolute Gasteiger partial charge is 0.354 e. The molecular formula is C34H34ClFN8O2. The summed E-state index contributed by atoms with van der Waals surface area (Å²) in [7, 11) is 1.90. The topological polar surface area (TPSA) is 103 Å². The summed E-state index contributed by atoms with van der Waals surface area (Å²) in [5.41, 5.74) is 4.26. The molecule has 1 atom stereocenters. The lowest BCUT2D eigenvalue weighted by Crippen LogP contribution is -2.57. The SMILES string of the molecule is C=CC(=O)N1CCN2c3nc(=O)n(-c4c(C)ccnc4C(C)C)c4c(F)c(-c5c(C)ccc6[nH]ncc56)c(Cl)c(c34)N(C)CC2C1. The molecule has 0 radical (unpaired) electrons. The number of carbonyl (C=O) groups is 1. The van der Waals surface area contributed by atoms with E-state index in [0.717, 1.165) is 16.6 Å². The van der Waals surface area contributed by atoms with Gasteiger partial charge in [-0.25, -0.2) is 9.18 Å². The zero-order chi connectivity index (χ0) is 32.6. The summed E-state index contributed by atoms with van der Waals surface area (Å²) >= 11 is 7.35. The maximum atomic E-state index is 17.8. The molecule has 5 heterocycles. The van der Waals surface area contributed by atoms with Gasteiger partial charge < -0.3 is 14.7 Å². The molecule has 12 heteroatoms. The number of aromatic amines is 1. The highest BCUT2D eigenvalue weighted by Crippen LogP contribution is 2.50. The Morgan fingerprint density at radius 3 is 2.65 bits per heavy atom. The Morgan fingerprint density at radius 2 is 1.91 bits per heavy atom. The van der Waals surface area contributed by atoms with Crippen LogP contribution in [-0.4, -0.2) is 74.8 Å². The molecule has 2 aliphatic rings. The number of carbonyl (C=O) groups excluding carboxylic acids is 1. The number of aromatic nitrogens is 5. The number of nitrogens with zero attached hydrogens (tertiary/aromatic N) is 7. The molecule has 7 rings (SSSR count). The molecule has 0 saturated carbocycles. The number of rotatable bonds is 4. The molecule has 0 spiro atoms. The van der Waals surface area contributed by atoms with E-state index in [0.29, 0.717) is 65.4 Å². The van der Waals surface area contributed by atoms with Crippen LogP contribution in [0.4, 0.5) is 15.9 Å². The van der Waals surface area contributed by atoms with Crippen LogP contribution in [0.1, 0.15) is 36.6 Å². The minimum Gasteiger partial charge on any atom is -0.371 e.